The Labute approximate surface area is 285 Å². The summed E-state index contributed by atoms with van der Waals surface area (Å²) >= 11 is 6.59. The highest BCUT2D eigenvalue weighted by Gasteiger charge is 2.42. The number of thioether (sulfide) groups is 2. The van der Waals surface area contributed by atoms with Gasteiger partial charge in [0.15, 0.2) is 0 Å². The molecule has 48 heavy (non-hydrogen) atoms. The van der Waals surface area contributed by atoms with E-state index < -0.39 is 83.0 Å². The second kappa shape index (κ2) is 20.3. The highest BCUT2D eigenvalue weighted by molar-refractivity contribution is 8.23. The number of primary amides is 3. The van der Waals surface area contributed by atoms with Crippen molar-refractivity contribution in [2.75, 3.05) is 19.6 Å². The third kappa shape index (κ3) is 18.3. The minimum Gasteiger partial charge on any atom is -0.368 e. The maximum Gasteiger partial charge on any atom is 0.409 e. The molecule has 2 saturated heterocycles. The number of alkyl halides is 9. The van der Waals surface area contributed by atoms with Crippen LogP contribution in [0.1, 0.15) is 52.9 Å². The summed E-state index contributed by atoms with van der Waals surface area (Å²) in [5.41, 5.74) is 15.3. The fourth-order valence-electron chi connectivity index (χ4n) is 4.32. The van der Waals surface area contributed by atoms with E-state index in [2.05, 4.69) is 5.32 Å². The number of carbonyl (C=O) groups excluding carboxylic acids is 4. The Morgan fingerprint density at radius 2 is 1.25 bits per heavy atom. The molecule has 4 amide bonds. The average Bonchev–Trinajstić information content (AvgIpc) is 3.42. The summed E-state index contributed by atoms with van der Waals surface area (Å²) in [6.45, 7) is 5.15. The van der Waals surface area contributed by atoms with Crippen molar-refractivity contribution in [1.29, 1.82) is 0 Å². The molecule has 0 aromatic rings. The molecule has 2 fully saturated rings. The lowest BCUT2D eigenvalue weighted by Gasteiger charge is -2.25. The normalized spacial score (nSPS) is 20.5. The molecule has 2 unspecified atom stereocenters. The molecule has 10 nitrogen and oxygen atoms in total. The lowest BCUT2D eigenvalue weighted by atomic mass is 10.1. The zero-order valence-electron chi connectivity index (χ0n) is 26.1. The van der Waals surface area contributed by atoms with Gasteiger partial charge in [0.05, 0.1) is 18.9 Å². The maximum absolute atomic E-state index is 12.2. The van der Waals surface area contributed by atoms with Gasteiger partial charge in [-0.15, -0.1) is 0 Å². The first-order chi connectivity index (χ1) is 21.8. The highest BCUT2D eigenvalue weighted by atomic mass is 32.2. The van der Waals surface area contributed by atoms with Crippen LogP contribution in [0.4, 0.5) is 44.3 Å². The van der Waals surface area contributed by atoms with E-state index in [1.807, 2.05) is 0 Å². The summed E-state index contributed by atoms with van der Waals surface area (Å²) in [6, 6.07) is -1.99. The van der Waals surface area contributed by atoms with Crippen LogP contribution in [-0.4, -0.2) is 104 Å². The molecule has 0 spiro atoms. The van der Waals surface area contributed by atoms with E-state index in [0.717, 1.165) is 22.7 Å². The minimum absolute atomic E-state index is 0.0268. The Balaban J connectivity index is 0.000000695. The van der Waals surface area contributed by atoms with Gasteiger partial charge in [-0.1, -0.05) is 62.6 Å². The van der Waals surface area contributed by atoms with E-state index in [0.29, 0.717) is 35.3 Å². The summed E-state index contributed by atoms with van der Waals surface area (Å²) in [4.78, 5) is 46.9. The largest absolute Gasteiger partial charge is 0.409 e. The van der Waals surface area contributed by atoms with Crippen molar-refractivity contribution >= 4 is 63.0 Å². The van der Waals surface area contributed by atoms with Crippen LogP contribution in [-0.2, 0) is 14.4 Å². The molecule has 22 heteroatoms. The number of nitrogens with one attached hydrogen (secondary N) is 1. The zero-order chi connectivity index (χ0) is 37.6. The first-order valence-corrected chi connectivity index (χ1v) is 16.5. The van der Waals surface area contributed by atoms with Gasteiger partial charge in [-0.2, -0.15) is 39.5 Å². The van der Waals surface area contributed by atoms with Gasteiger partial charge in [-0.3, -0.25) is 19.2 Å². The van der Waals surface area contributed by atoms with Crippen LogP contribution in [0.15, 0.2) is 12.2 Å². The number of halogens is 9. The maximum atomic E-state index is 12.2. The molecule has 2 heterocycles. The van der Waals surface area contributed by atoms with E-state index in [4.69, 9.17) is 29.4 Å². The van der Waals surface area contributed by atoms with Crippen LogP contribution in [0.25, 0.3) is 0 Å². The summed E-state index contributed by atoms with van der Waals surface area (Å²) in [6.07, 6.45) is -12.5. The van der Waals surface area contributed by atoms with Gasteiger partial charge in [-0.25, -0.2) is 0 Å². The monoisotopic (exact) mass is 766 g/mol. The van der Waals surface area contributed by atoms with E-state index in [1.165, 1.54) is 4.90 Å². The highest BCUT2D eigenvalue weighted by Crippen LogP contribution is 2.36. The molecular weight excluding hydrogens is 728 g/mol. The number of hydrogen-bond acceptors (Lipinski definition) is 8. The molecule has 278 valence electrons. The lowest BCUT2D eigenvalue weighted by Crippen LogP contribution is -2.45. The van der Waals surface area contributed by atoms with Crippen LogP contribution in [0, 0.1) is 0 Å². The number of thiocarbonyl (C=S) groups is 1. The van der Waals surface area contributed by atoms with E-state index in [-0.39, 0.29) is 25.7 Å². The van der Waals surface area contributed by atoms with Gasteiger partial charge < -0.3 is 32.3 Å². The Hall–Kier alpha value is -2.46. The van der Waals surface area contributed by atoms with Gasteiger partial charge >= 0.3 is 18.5 Å². The fourth-order valence-corrected chi connectivity index (χ4v) is 7.19. The summed E-state index contributed by atoms with van der Waals surface area (Å²) in [5, 5.41) is 0.577. The van der Waals surface area contributed by atoms with Crippen molar-refractivity contribution in [1.82, 2.24) is 15.1 Å². The molecule has 7 N–H and O–H groups in total. The molecule has 2 rings (SSSR count). The number of amides is 4. The van der Waals surface area contributed by atoms with Gasteiger partial charge in [0.25, 0.3) is 5.24 Å². The Bertz CT molecular complexity index is 1060. The van der Waals surface area contributed by atoms with Crippen LogP contribution >= 0.6 is 35.7 Å². The predicted molar refractivity (Wildman–Crippen MR) is 169 cm³/mol. The molecule has 0 aromatic heterocycles. The summed E-state index contributed by atoms with van der Waals surface area (Å²) in [5.74, 6) is -1.80. The number of nitrogens with two attached hydrogens (primary N) is 3. The standard InChI is InChI=1S/C9H13F3N2O2S.C9H13F3N2OS2.C8H13F3N2O/c2*1-2-6(7(13)15)14-4-5(17-8(14)16)3-9(10,11)12;1-2-6(7(12)14)13-5-3-4-8(9,10)11/h2*5-6H,2-4H2,1H3,(H2,13,15);3-4,6,13H,2,5H2,1H3,(H2,12,14)/b;;4-3+/t2*5?,6-;6-/m000/s1. The summed E-state index contributed by atoms with van der Waals surface area (Å²) < 4.78 is 108. The molecule has 0 aromatic carbocycles. The fraction of sp³-hybridized carbons (Fsp3) is 0.731. The van der Waals surface area contributed by atoms with Crippen LogP contribution < -0.4 is 22.5 Å². The quantitative estimate of drug-likeness (QED) is 0.119. The molecule has 2 aliphatic heterocycles. The van der Waals surface area contributed by atoms with Gasteiger partial charge in [-0.05, 0) is 19.3 Å². The number of allylic oxidation sites excluding steroid dienone is 1. The van der Waals surface area contributed by atoms with Crippen molar-refractivity contribution in [3.05, 3.63) is 12.2 Å². The van der Waals surface area contributed by atoms with Crippen LogP contribution in [0.3, 0.4) is 0 Å². The zero-order valence-corrected chi connectivity index (χ0v) is 28.5. The van der Waals surface area contributed by atoms with Crippen molar-refractivity contribution in [3.63, 3.8) is 0 Å². The number of rotatable bonds is 13. The second-order valence-electron chi connectivity index (χ2n) is 10.3. The van der Waals surface area contributed by atoms with Gasteiger partial charge in [0.2, 0.25) is 17.7 Å². The first-order valence-electron chi connectivity index (χ1n) is 14.3. The number of carbonyl (C=O) groups is 4. The molecule has 0 aliphatic carbocycles. The van der Waals surface area contributed by atoms with E-state index >= 15 is 0 Å². The molecule has 0 saturated carbocycles. The smallest absolute Gasteiger partial charge is 0.368 e. The molecule has 5 atom stereocenters. The topological polar surface area (TPSA) is 165 Å². The predicted octanol–water partition coefficient (Wildman–Crippen LogP) is 4.60. The lowest BCUT2D eigenvalue weighted by molar-refractivity contribution is -0.135. The minimum atomic E-state index is -4.31. The van der Waals surface area contributed by atoms with Crippen LogP contribution in [0.2, 0.25) is 0 Å². The number of nitrogens with zero attached hydrogens (tertiary/aromatic N) is 2. The average molecular weight is 767 g/mol. The summed E-state index contributed by atoms with van der Waals surface area (Å²) in [7, 11) is 0. The Morgan fingerprint density at radius 3 is 1.62 bits per heavy atom. The molecule has 0 radical (unpaired) electrons. The Morgan fingerprint density at radius 1 is 0.812 bits per heavy atom. The van der Waals surface area contributed by atoms with Gasteiger partial charge in [0.1, 0.15) is 16.4 Å². The molecule has 2 aliphatic rings. The Kier molecular flexibility index (Phi) is 19.2. The van der Waals surface area contributed by atoms with Gasteiger partial charge in [0, 0.05) is 36.2 Å². The van der Waals surface area contributed by atoms with E-state index in [1.54, 1.807) is 20.8 Å². The van der Waals surface area contributed by atoms with Crippen molar-refractivity contribution in [2.24, 2.45) is 17.2 Å². The van der Waals surface area contributed by atoms with E-state index in [9.17, 15) is 58.7 Å². The SMILES string of the molecule is CC[C@@H](C(N)=O)N1CC(CC(F)(F)F)SC1=O.CC[C@@H](C(N)=O)N1CC(CC(F)(F)F)SC1=S.CC[C@H](NC/C=C/C(F)(F)F)C(N)=O. The first kappa shape index (κ1) is 45.5. The molecule has 0 bridgehead atoms. The third-order valence-corrected chi connectivity index (χ3v) is 9.14. The van der Waals surface area contributed by atoms with Crippen molar-refractivity contribution < 1.29 is 58.7 Å². The van der Waals surface area contributed by atoms with Crippen molar-refractivity contribution in [2.45, 2.75) is 100 Å². The second-order valence-corrected chi connectivity index (χ2v) is 13.5. The van der Waals surface area contributed by atoms with Crippen molar-refractivity contribution in [3.8, 4) is 0 Å². The third-order valence-electron chi connectivity index (χ3n) is 6.45. The number of hydrogen-bond donors (Lipinski definition) is 4. The molecular formula is C26H39F9N6O4S3. The van der Waals surface area contributed by atoms with Crippen LogP contribution in [0.5, 0.6) is 0 Å².